The third-order valence-electron chi connectivity index (χ3n) is 4.11. The van der Waals surface area contributed by atoms with Crippen LogP contribution in [-0.2, 0) is 0 Å². The Labute approximate surface area is 136 Å². The van der Waals surface area contributed by atoms with E-state index in [1.165, 1.54) is 12.1 Å². The maximum atomic E-state index is 13.6. The van der Waals surface area contributed by atoms with Gasteiger partial charge in [-0.15, -0.1) is 0 Å². The fraction of sp³-hybridized carbons (Fsp3) is 0.235. The van der Waals surface area contributed by atoms with Gasteiger partial charge in [-0.05, 0) is 44.0 Å². The number of amides is 1. The molecule has 0 bridgehead atoms. The molecular formula is C17H15FN4O2. The van der Waals surface area contributed by atoms with Crippen molar-refractivity contribution in [1.82, 2.24) is 20.5 Å². The normalized spacial score (nSPS) is 14.1. The molecule has 0 unspecified atom stereocenters. The minimum absolute atomic E-state index is 0.185. The van der Waals surface area contributed by atoms with E-state index in [2.05, 4.69) is 20.5 Å². The maximum Gasteiger partial charge on any atom is 0.252 e. The Morgan fingerprint density at radius 2 is 2.17 bits per heavy atom. The van der Waals surface area contributed by atoms with Crippen molar-refractivity contribution in [2.45, 2.75) is 25.8 Å². The van der Waals surface area contributed by atoms with Crippen molar-refractivity contribution in [3.8, 4) is 17.0 Å². The Kier molecular flexibility index (Phi) is 3.23. The van der Waals surface area contributed by atoms with Gasteiger partial charge in [0.1, 0.15) is 0 Å². The van der Waals surface area contributed by atoms with Crippen molar-refractivity contribution in [2.24, 2.45) is 0 Å². The largest absolute Gasteiger partial charge is 0.505 e. The van der Waals surface area contributed by atoms with Crippen molar-refractivity contribution < 1.29 is 14.3 Å². The predicted molar refractivity (Wildman–Crippen MR) is 86.2 cm³/mol. The third-order valence-corrected chi connectivity index (χ3v) is 4.11. The molecule has 1 amide bonds. The SMILES string of the molecule is Cc1[nH]nc2nc(-c3ccc(O)c(F)c3)cc(C(=O)NC3CC3)c12. The molecule has 122 valence electrons. The number of fused-ring (bicyclic) bond motifs is 1. The van der Waals surface area contributed by atoms with Crippen LogP contribution in [0, 0.1) is 12.7 Å². The number of benzene rings is 1. The van der Waals surface area contributed by atoms with Gasteiger partial charge in [-0.3, -0.25) is 9.89 Å². The number of phenols is 1. The van der Waals surface area contributed by atoms with E-state index in [0.29, 0.717) is 27.9 Å². The van der Waals surface area contributed by atoms with Crippen LogP contribution in [0.25, 0.3) is 22.3 Å². The van der Waals surface area contributed by atoms with Gasteiger partial charge in [0.05, 0.1) is 16.6 Å². The van der Waals surface area contributed by atoms with E-state index in [-0.39, 0.29) is 11.9 Å². The third kappa shape index (κ3) is 2.47. The molecule has 6 nitrogen and oxygen atoms in total. The number of pyridine rings is 1. The molecule has 1 aromatic carbocycles. The Morgan fingerprint density at radius 1 is 1.38 bits per heavy atom. The first-order chi connectivity index (χ1) is 11.5. The van der Waals surface area contributed by atoms with Crippen LogP contribution in [0.2, 0.25) is 0 Å². The summed E-state index contributed by atoms with van der Waals surface area (Å²) in [4.78, 5) is 17.0. The molecule has 0 atom stereocenters. The van der Waals surface area contributed by atoms with Crippen LogP contribution in [-0.4, -0.2) is 32.2 Å². The first-order valence-electron chi connectivity index (χ1n) is 7.68. The summed E-state index contributed by atoms with van der Waals surface area (Å²) in [6.45, 7) is 1.82. The number of carbonyl (C=O) groups is 1. The van der Waals surface area contributed by atoms with Crippen LogP contribution >= 0.6 is 0 Å². The average Bonchev–Trinajstić information content (AvgIpc) is 3.30. The number of hydrogen-bond donors (Lipinski definition) is 3. The molecule has 3 N–H and O–H groups in total. The van der Waals surface area contributed by atoms with Gasteiger partial charge in [0.2, 0.25) is 0 Å². The maximum absolute atomic E-state index is 13.6. The number of rotatable bonds is 3. The van der Waals surface area contributed by atoms with E-state index >= 15 is 0 Å². The topological polar surface area (TPSA) is 90.9 Å². The fourth-order valence-corrected chi connectivity index (χ4v) is 2.66. The molecule has 7 heteroatoms. The first kappa shape index (κ1) is 14.6. The van der Waals surface area contributed by atoms with Crippen molar-refractivity contribution in [3.63, 3.8) is 0 Å². The summed E-state index contributed by atoms with van der Waals surface area (Å²) < 4.78 is 13.6. The standard InChI is InChI=1S/C17H15FN4O2/c1-8-15-11(17(24)19-10-3-4-10)7-13(20-16(15)22-21-8)9-2-5-14(23)12(18)6-9/h2,5-7,10,23H,3-4H2,1H3,(H,19,24)(H,20,21,22). The van der Waals surface area contributed by atoms with E-state index in [1.54, 1.807) is 12.1 Å². The van der Waals surface area contributed by atoms with Crippen LogP contribution in [0.4, 0.5) is 4.39 Å². The highest BCUT2D eigenvalue weighted by molar-refractivity contribution is 6.07. The molecule has 0 radical (unpaired) electrons. The average molecular weight is 326 g/mol. The number of aromatic amines is 1. The Hall–Kier alpha value is -2.96. The smallest absolute Gasteiger partial charge is 0.252 e. The molecular weight excluding hydrogens is 311 g/mol. The van der Waals surface area contributed by atoms with E-state index in [0.717, 1.165) is 18.5 Å². The summed E-state index contributed by atoms with van der Waals surface area (Å²) in [5, 5.41) is 19.9. The summed E-state index contributed by atoms with van der Waals surface area (Å²) in [7, 11) is 0. The Balaban J connectivity index is 1.87. The van der Waals surface area contributed by atoms with Gasteiger partial charge in [0, 0.05) is 17.3 Å². The summed E-state index contributed by atoms with van der Waals surface area (Å²) >= 11 is 0. The molecule has 1 saturated carbocycles. The van der Waals surface area contributed by atoms with Gasteiger partial charge in [0.15, 0.2) is 17.2 Å². The molecule has 0 spiro atoms. The highest BCUT2D eigenvalue weighted by atomic mass is 19.1. The van der Waals surface area contributed by atoms with Crippen molar-refractivity contribution in [1.29, 1.82) is 0 Å². The molecule has 4 rings (SSSR count). The van der Waals surface area contributed by atoms with Gasteiger partial charge >= 0.3 is 0 Å². The lowest BCUT2D eigenvalue weighted by molar-refractivity contribution is 0.0952. The van der Waals surface area contributed by atoms with Crippen LogP contribution in [0.15, 0.2) is 24.3 Å². The molecule has 24 heavy (non-hydrogen) atoms. The molecule has 0 aliphatic heterocycles. The number of phenolic OH excluding ortho intramolecular Hbond substituents is 1. The number of carbonyl (C=O) groups excluding carboxylic acids is 1. The molecule has 1 aliphatic rings. The van der Waals surface area contributed by atoms with Gasteiger partial charge < -0.3 is 10.4 Å². The number of nitrogens with one attached hydrogen (secondary N) is 2. The molecule has 1 aliphatic carbocycles. The highest BCUT2D eigenvalue weighted by Crippen LogP contribution is 2.29. The van der Waals surface area contributed by atoms with Gasteiger partial charge in [-0.2, -0.15) is 5.10 Å². The molecule has 2 aromatic heterocycles. The summed E-state index contributed by atoms with van der Waals surface area (Å²) in [5.74, 6) is -1.35. The molecule has 0 saturated heterocycles. The van der Waals surface area contributed by atoms with E-state index in [4.69, 9.17) is 0 Å². The van der Waals surface area contributed by atoms with E-state index < -0.39 is 11.6 Å². The number of aryl methyl sites for hydroxylation is 1. The summed E-state index contributed by atoms with van der Waals surface area (Å²) in [5.41, 5.74) is 2.50. The first-order valence-corrected chi connectivity index (χ1v) is 7.68. The van der Waals surface area contributed by atoms with Crippen LogP contribution in [0.3, 0.4) is 0 Å². The summed E-state index contributed by atoms with van der Waals surface area (Å²) in [6, 6.07) is 5.85. The summed E-state index contributed by atoms with van der Waals surface area (Å²) in [6.07, 6.45) is 1.97. The highest BCUT2D eigenvalue weighted by Gasteiger charge is 2.26. The Bertz CT molecular complexity index is 963. The lowest BCUT2D eigenvalue weighted by Gasteiger charge is -2.08. The lowest BCUT2D eigenvalue weighted by Crippen LogP contribution is -2.25. The number of aromatic hydroxyl groups is 1. The number of nitrogens with zero attached hydrogens (tertiary/aromatic N) is 2. The van der Waals surface area contributed by atoms with Crippen LogP contribution < -0.4 is 5.32 Å². The van der Waals surface area contributed by atoms with E-state index in [1.807, 2.05) is 6.92 Å². The Morgan fingerprint density at radius 3 is 2.88 bits per heavy atom. The van der Waals surface area contributed by atoms with Gasteiger partial charge in [0.25, 0.3) is 5.91 Å². The molecule has 3 aromatic rings. The number of hydrogen-bond acceptors (Lipinski definition) is 4. The van der Waals surface area contributed by atoms with Crippen molar-refractivity contribution in [2.75, 3.05) is 0 Å². The fourth-order valence-electron chi connectivity index (χ4n) is 2.66. The monoisotopic (exact) mass is 326 g/mol. The van der Waals surface area contributed by atoms with Gasteiger partial charge in [-0.25, -0.2) is 9.37 Å². The second-order valence-corrected chi connectivity index (χ2v) is 6.02. The minimum atomic E-state index is -0.739. The zero-order chi connectivity index (χ0) is 16.8. The predicted octanol–water partition coefficient (Wildman–Crippen LogP) is 2.67. The van der Waals surface area contributed by atoms with Crippen LogP contribution in [0.1, 0.15) is 28.9 Å². The number of aromatic nitrogens is 3. The zero-order valence-corrected chi connectivity index (χ0v) is 12.9. The molecule has 2 heterocycles. The van der Waals surface area contributed by atoms with E-state index in [9.17, 15) is 14.3 Å². The number of halogens is 1. The van der Waals surface area contributed by atoms with Gasteiger partial charge in [-0.1, -0.05) is 0 Å². The van der Waals surface area contributed by atoms with Crippen molar-refractivity contribution in [3.05, 3.63) is 41.3 Å². The quantitative estimate of drug-likeness (QED) is 0.690. The minimum Gasteiger partial charge on any atom is -0.505 e. The van der Waals surface area contributed by atoms with Crippen molar-refractivity contribution >= 4 is 16.9 Å². The zero-order valence-electron chi connectivity index (χ0n) is 12.9. The second-order valence-electron chi connectivity index (χ2n) is 6.02. The second kappa shape index (κ2) is 5.30. The van der Waals surface area contributed by atoms with Crippen LogP contribution in [0.5, 0.6) is 5.75 Å². The lowest BCUT2D eigenvalue weighted by atomic mass is 10.0. The number of H-pyrrole nitrogens is 1. The molecule has 1 fully saturated rings.